The van der Waals surface area contributed by atoms with E-state index >= 15 is 0 Å². The van der Waals surface area contributed by atoms with Crippen molar-refractivity contribution in [1.29, 1.82) is 0 Å². The number of ether oxygens (including phenoxy) is 5. The summed E-state index contributed by atoms with van der Waals surface area (Å²) >= 11 is 0. The predicted molar refractivity (Wildman–Crippen MR) is 112 cm³/mol. The van der Waals surface area contributed by atoms with E-state index < -0.39 is 41.5 Å². The summed E-state index contributed by atoms with van der Waals surface area (Å²) in [6.07, 6.45) is 0.383. The maximum absolute atomic E-state index is 12.6. The smallest absolute Gasteiger partial charge is 0.408 e. The Bertz CT molecular complexity index is 776. The molecular formula is C22H36N2O8. The van der Waals surface area contributed by atoms with Crippen molar-refractivity contribution >= 4 is 12.0 Å². The van der Waals surface area contributed by atoms with E-state index in [1.807, 2.05) is 0 Å². The summed E-state index contributed by atoms with van der Waals surface area (Å²) in [5.41, 5.74) is 2.87. The van der Waals surface area contributed by atoms with Gasteiger partial charge in [0.25, 0.3) is 0 Å². The zero-order chi connectivity index (χ0) is 23.7. The summed E-state index contributed by atoms with van der Waals surface area (Å²) in [5, 5.41) is 12.5. The van der Waals surface area contributed by atoms with Gasteiger partial charge in [0.2, 0.25) is 5.91 Å². The molecule has 1 aliphatic carbocycles. The minimum atomic E-state index is -1.53. The predicted octanol–water partition coefficient (Wildman–Crippen LogP) is 0.625. The first kappa shape index (κ1) is 23.7. The first-order valence-electron chi connectivity index (χ1n) is 11.2. The lowest BCUT2D eigenvalue weighted by molar-refractivity contribution is -0.127. The van der Waals surface area contributed by atoms with Gasteiger partial charge in [-0.15, -0.1) is 0 Å². The molecule has 4 rings (SSSR count). The van der Waals surface area contributed by atoms with E-state index in [-0.39, 0.29) is 29.3 Å². The first-order valence-corrected chi connectivity index (χ1v) is 11.2. The fourth-order valence-corrected chi connectivity index (χ4v) is 5.47. The van der Waals surface area contributed by atoms with E-state index in [1.54, 1.807) is 7.11 Å². The number of rotatable bonds is 8. The van der Waals surface area contributed by atoms with Gasteiger partial charge in [0.05, 0.1) is 35.9 Å². The van der Waals surface area contributed by atoms with Gasteiger partial charge in [-0.05, 0) is 47.5 Å². The van der Waals surface area contributed by atoms with Crippen LogP contribution in [0.4, 0.5) is 4.79 Å². The van der Waals surface area contributed by atoms with Crippen LogP contribution in [0.1, 0.15) is 53.9 Å². The maximum atomic E-state index is 12.6. The molecule has 10 heteroatoms. The molecule has 0 aromatic rings. The van der Waals surface area contributed by atoms with E-state index in [0.29, 0.717) is 19.4 Å². The van der Waals surface area contributed by atoms with Gasteiger partial charge in [0, 0.05) is 13.5 Å². The molecule has 0 aromatic carbocycles. The molecular weight excluding hydrogens is 420 g/mol. The number of carbonyl (C=O) groups excluding carboxylic acids is 2. The summed E-state index contributed by atoms with van der Waals surface area (Å²) in [6.45, 7) is 9.60. The third kappa shape index (κ3) is 4.23. The molecule has 8 atom stereocenters. The molecule has 0 unspecified atom stereocenters. The van der Waals surface area contributed by atoms with Gasteiger partial charge >= 0.3 is 6.09 Å². The van der Waals surface area contributed by atoms with E-state index in [1.165, 1.54) is 13.8 Å². The van der Waals surface area contributed by atoms with Crippen LogP contribution in [0, 0.1) is 5.92 Å². The summed E-state index contributed by atoms with van der Waals surface area (Å²) in [7, 11) is 1.59. The fraction of sp³-hybridized carbons (Fsp3) is 0.909. The molecule has 3 heterocycles. The molecule has 0 radical (unpaired) electrons. The van der Waals surface area contributed by atoms with Gasteiger partial charge in [-0.3, -0.25) is 4.79 Å². The number of primary amides is 1. The normalized spacial score (nSPS) is 42.8. The number of epoxide rings is 3. The zero-order valence-electron chi connectivity index (χ0n) is 19.7. The van der Waals surface area contributed by atoms with Gasteiger partial charge in [-0.25, -0.2) is 4.79 Å². The van der Waals surface area contributed by atoms with E-state index in [4.69, 9.17) is 29.4 Å². The average molecular weight is 457 g/mol. The van der Waals surface area contributed by atoms with Crippen LogP contribution < -0.4 is 11.1 Å². The third-order valence-electron chi connectivity index (χ3n) is 7.60. The summed E-state index contributed by atoms with van der Waals surface area (Å²) in [4.78, 5) is 24.3. The number of nitrogens with two attached hydrogens (primary N) is 1. The molecule has 32 heavy (non-hydrogen) atoms. The molecule has 0 bridgehead atoms. The highest BCUT2D eigenvalue weighted by Gasteiger charge is 2.73. The van der Waals surface area contributed by atoms with Crippen LogP contribution in [0.2, 0.25) is 0 Å². The van der Waals surface area contributed by atoms with Gasteiger partial charge in [-0.2, -0.15) is 0 Å². The Morgan fingerprint density at radius 3 is 2.34 bits per heavy atom. The summed E-state index contributed by atoms with van der Waals surface area (Å²) in [5.74, 6) is -0.976. The minimum absolute atomic E-state index is 0.0139. The van der Waals surface area contributed by atoms with Crippen LogP contribution in [-0.2, 0) is 28.5 Å². The van der Waals surface area contributed by atoms with Crippen molar-refractivity contribution in [1.82, 2.24) is 5.32 Å². The zero-order valence-corrected chi connectivity index (χ0v) is 19.7. The van der Waals surface area contributed by atoms with Crippen LogP contribution in [-0.4, -0.2) is 83.7 Å². The number of alkyl carbamates (subject to hydrolysis) is 1. The maximum Gasteiger partial charge on any atom is 0.408 e. The molecule has 4 N–H and O–H groups in total. The Labute approximate surface area is 188 Å². The Morgan fingerprint density at radius 2 is 1.88 bits per heavy atom. The second-order valence-corrected chi connectivity index (χ2v) is 10.9. The van der Waals surface area contributed by atoms with Crippen molar-refractivity contribution in [2.24, 2.45) is 11.7 Å². The quantitative estimate of drug-likeness (QED) is 0.450. The highest BCUT2D eigenvalue weighted by Crippen LogP contribution is 2.60. The molecule has 3 saturated heterocycles. The molecule has 1 spiro atoms. The Kier molecular flexibility index (Phi) is 5.57. The number of aliphatic hydroxyl groups is 1. The van der Waals surface area contributed by atoms with E-state index in [2.05, 4.69) is 26.1 Å². The molecule has 4 aliphatic rings. The van der Waals surface area contributed by atoms with Gasteiger partial charge in [0.15, 0.2) is 0 Å². The topological polar surface area (TPSA) is 148 Å². The summed E-state index contributed by atoms with van der Waals surface area (Å²) < 4.78 is 29.4. The SMILES string of the molecule is CO[C@@H]1[C@H](OC(=O)N[C@@H](C(N)=O)C(C)(C)O)CC[C@]2(CO2)[C@H]1[C@@]1(C)O[C@@H]1C[C@H]1OC1(C)C. The lowest BCUT2D eigenvalue weighted by Gasteiger charge is -2.42. The van der Waals surface area contributed by atoms with Crippen LogP contribution in [0.5, 0.6) is 0 Å². The lowest BCUT2D eigenvalue weighted by atomic mass is 9.68. The third-order valence-corrected chi connectivity index (χ3v) is 7.60. The molecule has 10 nitrogen and oxygen atoms in total. The van der Waals surface area contributed by atoms with Crippen molar-refractivity contribution in [3.05, 3.63) is 0 Å². The number of amides is 2. The van der Waals surface area contributed by atoms with E-state index in [9.17, 15) is 14.7 Å². The summed E-state index contributed by atoms with van der Waals surface area (Å²) in [6, 6.07) is -1.29. The first-order chi connectivity index (χ1) is 14.7. The molecule has 3 aliphatic heterocycles. The number of nitrogens with one attached hydrogen (secondary N) is 1. The van der Waals surface area contributed by atoms with Gasteiger partial charge < -0.3 is 39.8 Å². The molecule has 4 fully saturated rings. The van der Waals surface area contributed by atoms with Crippen LogP contribution in [0.15, 0.2) is 0 Å². The Morgan fingerprint density at radius 1 is 1.25 bits per heavy atom. The average Bonchev–Trinajstić information content (AvgIpc) is 3.61. The van der Waals surface area contributed by atoms with Gasteiger partial charge in [-0.1, -0.05) is 0 Å². The van der Waals surface area contributed by atoms with E-state index in [0.717, 1.165) is 6.42 Å². The second kappa shape index (κ2) is 7.53. The number of hydrogen-bond donors (Lipinski definition) is 3. The van der Waals surface area contributed by atoms with Crippen molar-refractivity contribution in [3.8, 4) is 0 Å². The number of hydrogen-bond acceptors (Lipinski definition) is 8. The van der Waals surface area contributed by atoms with Crippen LogP contribution >= 0.6 is 0 Å². The minimum Gasteiger partial charge on any atom is -0.443 e. The van der Waals surface area contributed by atoms with Crippen LogP contribution in [0.3, 0.4) is 0 Å². The van der Waals surface area contributed by atoms with Crippen molar-refractivity contribution < 1.29 is 38.4 Å². The largest absolute Gasteiger partial charge is 0.443 e. The lowest BCUT2D eigenvalue weighted by Crippen LogP contribution is -2.59. The van der Waals surface area contributed by atoms with Crippen molar-refractivity contribution in [3.63, 3.8) is 0 Å². The molecule has 2 amide bonds. The molecule has 0 aromatic heterocycles. The van der Waals surface area contributed by atoms with Gasteiger partial charge in [0.1, 0.15) is 29.5 Å². The van der Waals surface area contributed by atoms with Crippen molar-refractivity contribution in [2.45, 2.75) is 107 Å². The Hall–Kier alpha value is -1.46. The molecule has 182 valence electrons. The highest BCUT2D eigenvalue weighted by atomic mass is 16.6. The van der Waals surface area contributed by atoms with Crippen LogP contribution in [0.25, 0.3) is 0 Å². The highest BCUT2D eigenvalue weighted by molar-refractivity contribution is 5.85. The fourth-order valence-electron chi connectivity index (χ4n) is 5.47. The monoisotopic (exact) mass is 456 g/mol. The standard InChI is InChI=1S/C22H36N2O8/c1-19(2,27)16(17(23)25)24-18(26)30-11-7-8-22(10-29-22)15(14(11)28-6)21(5)13(32-21)9-12-20(3,4)31-12/h11-16,27H,7-10H2,1-6H3,(H2,23,25)(H,24,26)/t11-,12-,13-,14-,15-,16+,21+,22+/m1/s1. The number of carbonyl (C=O) groups is 2. The Balaban J connectivity index is 1.45. The molecule has 1 saturated carbocycles. The number of methoxy groups -OCH3 is 1. The second-order valence-electron chi connectivity index (χ2n) is 10.9. The van der Waals surface area contributed by atoms with Crippen molar-refractivity contribution in [2.75, 3.05) is 13.7 Å².